The summed E-state index contributed by atoms with van der Waals surface area (Å²) in [7, 11) is 1.70. The third-order valence-corrected chi connectivity index (χ3v) is 2.50. The predicted octanol–water partition coefficient (Wildman–Crippen LogP) is 1.97. The molecule has 0 saturated heterocycles. The third kappa shape index (κ3) is 6.59. The lowest BCUT2D eigenvalue weighted by Crippen LogP contribution is -2.05. The average molecular weight is 253 g/mol. The van der Waals surface area contributed by atoms with E-state index in [1.54, 1.807) is 7.11 Å². The fraction of sp³-hybridized carbons (Fsp3) is 0.571. The van der Waals surface area contributed by atoms with Crippen LogP contribution in [0.25, 0.3) is 0 Å². The van der Waals surface area contributed by atoms with Gasteiger partial charge in [0.2, 0.25) is 0 Å². The zero-order chi connectivity index (χ0) is 13.1. The molecule has 0 heterocycles. The first-order valence-corrected chi connectivity index (χ1v) is 6.35. The molecule has 0 unspecified atom stereocenters. The first-order valence-electron chi connectivity index (χ1n) is 6.35. The molecule has 0 bridgehead atoms. The molecule has 4 heteroatoms. The van der Waals surface area contributed by atoms with Gasteiger partial charge in [0, 0.05) is 39.9 Å². The van der Waals surface area contributed by atoms with Gasteiger partial charge in [-0.25, -0.2) is 0 Å². The highest BCUT2D eigenvalue weighted by Crippen LogP contribution is 2.11. The molecule has 1 aromatic carbocycles. The number of hydrogen-bond donors (Lipinski definition) is 1. The Balaban J connectivity index is 2.00. The van der Waals surface area contributed by atoms with Crippen molar-refractivity contribution in [3.8, 4) is 5.75 Å². The van der Waals surface area contributed by atoms with E-state index in [0.29, 0.717) is 13.2 Å². The highest BCUT2D eigenvalue weighted by Gasteiger charge is 1.95. The lowest BCUT2D eigenvalue weighted by molar-refractivity contribution is 0.0940. The number of methoxy groups -OCH3 is 1. The number of nitrogens with two attached hydrogens (primary N) is 1. The Morgan fingerprint density at radius 3 is 2.22 bits per heavy atom. The molecule has 18 heavy (non-hydrogen) atoms. The maximum atomic E-state index is 5.59. The molecular weight excluding hydrogens is 230 g/mol. The van der Waals surface area contributed by atoms with Crippen LogP contribution >= 0.6 is 0 Å². The van der Waals surface area contributed by atoms with Crippen LogP contribution in [-0.2, 0) is 16.0 Å². The van der Waals surface area contributed by atoms with Gasteiger partial charge in [-0.2, -0.15) is 0 Å². The summed E-state index contributed by atoms with van der Waals surface area (Å²) in [6.07, 6.45) is 1.84. The summed E-state index contributed by atoms with van der Waals surface area (Å²) in [5, 5.41) is 0. The van der Waals surface area contributed by atoms with Crippen LogP contribution in [-0.4, -0.2) is 33.5 Å². The lowest BCUT2D eigenvalue weighted by atomic mass is 10.2. The van der Waals surface area contributed by atoms with E-state index in [1.807, 2.05) is 24.3 Å². The Labute approximate surface area is 109 Å². The second-order valence-corrected chi connectivity index (χ2v) is 4.01. The summed E-state index contributed by atoms with van der Waals surface area (Å²) in [5.41, 5.74) is 6.64. The molecule has 102 valence electrons. The minimum Gasteiger partial charge on any atom is -0.494 e. The molecule has 1 aromatic rings. The molecule has 0 aliphatic rings. The number of hydrogen-bond acceptors (Lipinski definition) is 4. The van der Waals surface area contributed by atoms with Gasteiger partial charge in [0.15, 0.2) is 0 Å². The average Bonchev–Trinajstić information content (AvgIpc) is 2.42. The second-order valence-electron chi connectivity index (χ2n) is 4.01. The van der Waals surface area contributed by atoms with Crippen molar-refractivity contribution in [2.24, 2.45) is 5.73 Å². The maximum Gasteiger partial charge on any atom is 0.119 e. The standard InChI is InChI=1S/C14H23NO3/c1-16-8-2-9-17-10-3-11-18-14-6-4-13(12-15)5-7-14/h4-7H,2-3,8-12,15H2,1H3. The predicted molar refractivity (Wildman–Crippen MR) is 71.8 cm³/mol. The number of rotatable bonds is 10. The van der Waals surface area contributed by atoms with Crippen LogP contribution in [0.5, 0.6) is 5.75 Å². The molecule has 0 fully saturated rings. The van der Waals surface area contributed by atoms with Crippen LogP contribution in [0.2, 0.25) is 0 Å². The first kappa shape index (κ1) is 15.0. The largest absolute Gasteiger partial charge is 0.494 e. The van der Waals surface area contributed by atoms with Crippen molar-refractivity contribution in [2.75, 3.05) is 33.5 Å². The number of ether oxygens (including phenoxy) is 3. The van der Waals surface area contributed by atoms with E-state index in [1.165, 1.54) is 0 Å². The van der Waals surface area contributed by atoms with E-state index < -0.39 is 0 Å². The summed E-state index contributed by atoms with van der Waals surface area (Å²) < 4.78 is 16.0. The van der Waals surface area contributed by atoms with Gasteiger partial charge in [-0.1, -0.05) is 12.1 Å². The molecule has 2 N–H and O–H groups in total. The van der Waals surface area contributed by atoms with Gasteiger partial charge in [0.1, 0.15) is 5.75 Å². The van der Waals surface area contributed by atoms with Crippen LogP contribution in [0.1, 0.15) is 18.4 Å². The Morgan fingerprint density at radius 2 is 1.61 bits per heavy atom. The van der Waals surface area contributed by atoms with Gasteiger partial charge in [-0.3, -0.25) is 0 Å². The van der Waals surface area contributed by atoms with Gasteiger partial charge < -0.3 is 19.9 Å². The molecule has 0 atom stereocenters. The van der Waals surface area contributed by atoms with E-state index in [4.69, 9.17) is 19.9 Å². The second kappa shape index (κ2) is 9.88. The molecule has 0 saturated carbocycles. The van der Waals surface area contributed by atoms with Crippen molar-refractivity contribution < 1.29 is 14.2 Å². The summed E-state index contributed by atoms with van der Waals surface area (Å²) in [5.74, 6) is 0.881. The van der Waals surface area contributed by atoms with Gasteiger partial charge in [0.25, 0.3) is 0 Å². The van der Waals surface area contributed by atoms with Crippen LogP contribution in [0.15, 0.2) is 24.3 Å². The van der Waals surface area contributed by atoms with E-state index >= 15 is 0 Å². The Morgan fingerprint density at radius 1 is 0.944 bits per heavy atom. The molecule has 1 rings (SSSR count). The zero-order valence-corrected chi connectivity index (χ0v) is 11.1. The van der Waals surface area contributed by atoms with Gasteiger partial charge in [-0.15, -0.1) is 0 Å². The fourth-order valence-corrected chi connectivity index (χ4v) is 1.48. The van der Waals surface area contributed by atoms with Crippen LogP contribution in [0.4, 0.5) is 0 Å². The highest BCUT2D eigenvalue weighted by molar-refractivity contribution is 5.26. The van der Waals surface area contributed by atoms with Crippen molar-refractivity contribution in [3.63, 3.8) is 0 Å². The first-order chi connectivity index (χ1) is 8.86. The lowest BCUT2D eigenvalue weighted by Gasteiger charge is -2.07. The van der Waals surface area contributed by atoms with Crippen molar-refractivity contribution in [3.05, 3.63) is 29.8 Å². The molecule has 0 radical (unpaired) electrons. The maximum absolute atomic E-state index is 5.59. The summed E-state index contributed by atoms with van der Waals surface area (Å²) >= 11 is 0. The topological polar surface area (TPSA) is 53.7 Å². The molecule has 4 nitrogen and oxygen atoms in total. The highest BCUT2D eigenvalue weighted by atomic mass is 16.5. The van der Waals surface area contributed by atoms with E-state index in [9.17, 15) is 0 Å². The van der Waals surface area contributed by atoms with Crippen molar-refractivity contribution in [1.82, 2.24) is 0 Å². The van der Waals surface area contributed by atoms with Crippen molar-refractivity contribution in [1.29, 1.82) is 0 Å². The number of benzene rings is 1. The van der Waals surface area contributed by atoms with Gasteiger partial charge in [-0.05, 0) is 24.1 Å². The Bertz CT molecular complexity index is 300. The minimum absolute atomic E-state index is 0.565. The molecule has 0 aliphatic heterocycles. The van der Waals surface area contributed by atoms with Crippen molar-refractivity contribution in [2.45, 2.75) is 19.4 Å². The SMILES string of the molecule is COCCCOCCCOc1ccc(CN)cc1. The van der Waals surface area contributed by atoms with Gasteiger partial charge >= 0.3 is 0 Å². The Kier molecular flexibility index (Phi) is 8.21. The molecule has 0 spiro atoms. The third-order valence-electron chi connectivity index (χ3n) is 2.50. The summed E-state index contributed by atoms with van der Waals surface area (Å²) in [6, 6.07) is 7.86. The molecular formula is C14H23NO3. The normalized spacial score (nSPS) is 10.6. The molecule has 0 amide bonds. The quantitative estimate of drug-likeness (QED) is 0.648. The Hall–Kier alpha value is -1.10. The summed E-state index contributed by atoms with van der Waals surface area (Å²) in [4.78, 5) is 0. The van der Waals surface area contributed by atoms with Crippen LogP contribution in [0.3, 0.4) is 0 Å². The fourth-order valence-electron chi connectivity index (χ4n) is 1.48. The summed E-state index contributed by atoms with van der Waals surface area (Å²) in [6.45, 7) is 3.47. The smallest absolute Gasteiger partial charge is 0.119 e. The van der Waals surface area contributed by atoms with Crippen LogP contribution in [0, 0.1) is 0 Å². The van der Waals surface area contributed by atoms with E-state index in [0.717, 1.165) is 44.0 Å². The minimum atomic E-state index is 0.565. The van der Waals surface area contributed by atoms with Gasteiger partial charge in [0.05, 0.1) is 6.61 Å². The monoisotopic (exact) mass is 253 g/mol. The van der Waals surface area contributed by atoms with E-state index in [-0.39, 0.29) is 0 Å². The molecule has 0 aromatic heterocycles. The van der Waals surface area contributed by atoms with E-state index in [2.05, 4.69) is 0 Å². The molecule has 0 aliphatic carbocycles. The zero-order valence-electron chi connectivity index (χ0n) is 11.1. The van der Waals surface area contributed by atoms with Crippen LogP contribution < -0.4 is 10.5 Å². The van der Waals surface area contributed by atoms with Crippen molar-refractivity contribution >= 4 is 0 Å².